The third-order valence-corrected chi connectivity index (χ3v) is 1.80. The van der Waals surface area contributed by atoms with Crippen LogP contribution in [0.2, 0.25) is 0 Å². The van der Waals surface area contributed by atoms with E-state index in [9.17, 15) is 0 Å². The van der Waals surface area contributed by atoms with Crippen LogP contribution in [0.5, 0.6) is 0 Å². The molecule has 1 aromatic rings. The first kappa shape index (κ1) is 8.27. The topological polar surface area (TPSA) is 43.8 Å². The van der Waals surface area contributed by atoms with Gasteiger partial charge in [-0.15, -0.1) is 0 Å². The summed E-state index contributed by atoms with van der Waals surface area (Å²) in [5, 5.41) is 4.29. The Morgan fingerprint density at radius 1 is 1.73 bits per heavy atom. The van der Waals surface area contributed by atoms with Gasteiger partial charge in [-0.1, -0.05) is 6.92 Å². The fourth-order valence-electron chi connectivity index (χ4n) is 1.14. The molecule has 3 heteroatoms. The molecule has 0 spiro atoms. The maximum Gasteiger partial charge on any atom is 0.0625 e. The molecule has 0 aliphatic rings. The van der Waals surface area contributed by atoms with Crippen LogP contribution in [-0.4, -0.2) is 9.78 Å². The molecule has 0 unspecified atom stereocenters. The van der Waals surface area contributed by atoms with E-state index in [2.05, 4.69) is 18.1 Å². The minimum absolute atomic E-state index is 0.0767. The summed E-state index contributed by atoms with van der Waals surface area (Å²) in [7, 11) is 1.93. The van der Waals surface area contributed by atoms with Gasteiger partial charge >= 0.3 is 0 Å². The van der Waals surface area contributed by atoms with Crippen LogP contribution in [0.1, 0.15) is 31.3 Å². The van der Waals surface area contributed by atoms with Gasteiger partial charge < -0.3 is 5.73 Å². The number of rotatable bonds is 2. The summed E-state index contributed by atoms with van der Waals surface area (Å²) in [5.41, 5.74) is 7.93. The molecule has 1 rings (SSSR count). The zero-order valence-electron chi connectivity index (χ0n) is 7.33. The highest BCUT2D eigenvalue weighted by molar-refractivity contribution is 5.12. The third-order valence-electron chi connectivity index (χ3n) is 1.80. The number of nitrogens with zero attached hydrogens (tertiary/aromatic N) is 2. The maximum absolute atomic E-state index is 5.72. The molecule has 0 aromatic carbocycles. The number of nitrogens with two attached hydrogens (primary N) is 1. The van der Waals surface area contributed by atoms with E-state index in [1.807, 2.05) is 18.7 Å². The highest BCUT2D eigenvalue weighted by atomic mass is 15.3. The van der Waals surface area contributed by atoms with E-state index in [0.29, 0.717) is 0 Å². The predicted octanol–water partition coefficient (Wildman–Crippen LogP) is 1.00. The lowest BCUT2D eigenvalue weighted by molar-refractivity contribution is 0.649. The van der Waals surface area contributed by atoms with E-state index in [1.54, 1.807) is 0 Å². The van der Waals surface area contributed by atoms with E-state index in [-0.39, 0.29) is 6.04 Å². The Morgan fingerprint density at radius 3 is 2.64 bits per heavy atom. The number of hydrogen-bond acceptors (Lipinski definition) is 2. The van der Waals surface area contributed by atoms with E-state index >= 15 is 0 Å². The Morgan fingerprint density at radius 2 is 2.36 bits per heavy atom. The summed E-state index contributed by atoms with van der Waals surface area (Å²) in [4.78, 5) is 0. The summed E-state index contributed by atoms with van der Waals surface area (Å²) in [5.74, 6) is 0. The first-order valence-electron chi connectivity index (χ1n) is 3.93. The zero-order valence-corrected chi connectivity index (χ0v) is 7.33. The van der Waals surface area contributed by atoms with Gasteiger partial charge in [-0.25, -0.2) is 0 Å². The number of hydrogen-bond donors (Lipinski definition) is 1. The van der Waals surface area contributed by atoms with Crippen LogP contribution in [-0.2, 0) is 13.5 Å². The Kier molecular flexibility index (Phi) is 2.29. The molecular formula is C8H15N3. The van der Waals surface area contributed by atoms with Gasteiger partial charge in [-0.05, 0) is 19.4 Å². The Bertz CT molecular complexity index is 237. The fraction of sp³-hybridized carbons (Fsp3) is 0.625. The fourth-order valence-corrected chi connectivity index (χ4v) is 1.14. The third kappa shape index (κ3) is 1.60. The van der Waals surface area contributed by atoms with Crippen molar-refractivity contribution in [3.05, 3.63) is 17.5 Å². The van der Waals surface area contributed by atoms with E-state index in [0.717, 1.165) is 17.8 Å². The van der Waals surface area contributed by atoms with Crippen molar-refractivity contribution >= 4 is 0 Å². The normalized spacial score (nSPS) is 13.5. The van der Waals surface area contributed by atoms with Gasteiger partial charge in [-0.3, -0.25) is 4.68 Å². The van der Waals surface area contributed by atoms with Crippen LogP contribution in [0.25, 0.3) is 0 Å². The van der Waals surface area contributed by atoms with Crippen molar-refractivity contribution in [2.24, 2.45) is 12.8 Å². The molecule has 0 aliphatic carbocycles. The van der Waals surface area contributed by atoms with Crippen LogP contribution in [0.3, 0.4) is 0 Å². The van der Waals surface area contributed by atoms with Crippen molar-refractivity contribution in [3.63, 3.8) is 0 Å². The van der Waals surface area contributed by atoms with Crippen molar-refractivity contribution in [3.8, 4) is 0 Å². The lowest BCUT2D eigenvalue weighted by Crippen LogP contribution is -2.10. The summed E-state index contributed by atoms with van der Waals surface area (Å²) in [6, 6.07) is 2.14. The average molecular weight is 153 g/mol. The molecule has 0 fully saturated rings. The molecule has 1 heterocycles. The van der Waals surface area contributed by atoms with Gasteiger partial charge in [0.25, 0.3) is 0 Å². The van der Waals surface area contributed by atoms with Crippen molar-refractivity contribution in [2.75, 3.05) is 0 Å². The minimum Gasteiger partial charge on any atom is -0.323 e. The molecule has 3 nitrogen and oxygen atoms in total. The standard InChI is InChI=1S/C8H15N3/c1-4-7-5-8(6(2)9)11(3)10-7/h5-6H,4,9H2,1-3H3/t6-/m1/s1. The van der Waals surface area contributed by atoms with Crippen LogP contribution < -0.4 is 5.73 Å². The largest absolute Gasteiger partial charge is 0.323 e. The van der Waals surface area contributed by atoms with Gasteiger partial charge in [0.15, 0.2) is 0 Å². The van der Waals surface area contributed by atoms with Gasteiger partial charge in [0, 0.05) is 13.1 Å². The van der Waals surface area contributed by atoms with Crippen LogP contribution in [0.4, 0.5) is 0 Å². The number of aryl methyl sites for hydroxylation is 2. The molecule has 62 valence electrons. The Hall–Kier alpha value is -0.830. The molecular weight excluding hydrogens is 138 g/mol. The monoisotopic (exact) mass is 153 g/mol. The van der Waals surface area contributed by atoms with Gasteiger partial charge in [0.05, 0.1) is 11.4 Å². The maximum atomic E-state index is 5.72. The first-order valence-corrected chi connectivity index (χ1v) is 3.93. The van der Waals surface area contributed by atoms with Crippen LogP contribution in [0.15, 0.2) is 6.07 Å². The lowest BCUT2D eigenvalue weighted by Gasteiger charge is -2.03. The van der Waals surface area contributed by atoms with Crippen molar-refractivity contribution < 1.29 is 0 Å². The second-order valence-electron chi connectivity index (χ2n) is 2.83. The summed E-state index contributed by atoms with van der Waals surface area (Å²) in [6.07, 6.45) is 0.973. The molecule has 0 saturated carbocycles. The van der Waals surface area contributed by atoms with Gasteiger partial charge in [0.2, 0.25) is 0 Å². The van der Waals surface area contributed by atoms with Crippen LogP contribution >= 0.6 is 0 Å². The molecule has 0 radical (unpaired) electrons. The molecule has 1 aromatic heterocycles. The highest BCUT2D eigenvalue weighted by Gasteiger charge is 2.06. The quantitative estimate of drug-likeness (QED) is 0.689. The number of aromatic nitrogens is 2. The van der Waals surface area contributed by atoms with Gasteiger partial charge in [-0.2, -0.15) is 5.10 Å². The van der Waals surface area contributed by atoms with E-state index < -0.39 is 0 Å². The van der Waals surface area contributed by atoms with Gasteiger partial charge in [0.1, 0.15) is 0 Å². The zero-order chi connectivity index (χ0) is 8.43. The molecule has 11 heavy (non-hydrogen) atoms. The highest BCUT2D eigenvalue weighted by Crippen LogP contribution is 2.10. The molecule has 1 atom stereocenters. The van der Waals surface area contributed by atoms with Crippen molar-refractivity contribution in [2.45, 2.75) is 26.3 Å². The Balaban J connectivity index is 2.97. The first-order chi connectivity index (χ1) is 5.15. The summed E-state index contributed by atoms with van der Waals surface area (Å²) in [6.45, 7) is 4.06. The molecule has 0 saturated heterocycles. The summed E-state index contributed by atoms with van der Waals surface area (Å²) < 4.78 is 1.85. The molecule has 0 amide bonds. The van der Waals surface area contributed by atoms with Crippen LogP contribution in [0, 0.1) is 0 Å². The smallest absolute Gasteiger partial charge is 0.0625 e. The van der Waals surface area contributed by atoms with Crippen molar-refractivity contribution in [1.82, 2.24) is 9.78 Å². The summed E-state index contributed by atoms with van der Waals surface area (Å²) >= 11 is 0. The SMILES string of the molecule is CCc1cc([C@@H](C)N)n(C)n1. The lowest BCUT2D eigenvalue weighted by atomic mass is 10.2. The van der Waals surface area contributed by atoms with E-state index in [4.69, 9.17) is 5.73 Å². The van der Waals surface area contributed by atoms with E-state index in [1.165, 1.54) is 0 Å². The minimum atomic E-state index is 0.0767. The molecule has 2 N–H and O–H groups in total. The molecule has 0 aliphatic heterocycles. The second-order valence-corrected chi connectivity index (χ2v) is 2.83. The second kappa shape index (κ2) is 3.05. The van der Waals surface area contributed by atoms with Crippen molar-refractivity contribution in [1.29, 1.82) is 0 Å². The average Bonchev–Trinajstić information content (AvgIpc) is 2.30. The predicted molar refractivity (Wildman–Crippen MR) is 45.2 cm³/mol. The Labute approximate surface area is 67.2 Å². The molecule has 0 bridgehead atoms.